The number of benzene rings is 1. The first kappa shape index (κ1) is 16.6. The number of rotatable bonds is 3. The number of piperidine rings is 1. The predicted molar refractivity (Wildman–Crippen MR) is 83.2 cm³/mol. The molecule has 0 aromatic heterocycles. The standard InChI is InChI=1S/C13H17ClN2OS.ClH/c14-10-1-3-12(4-2-10)18-9-13(17)16-7-5-11(15)6-8-16;/h1-4,11H,5-9,15H2;1H. The molecule has 1 amide bonds. The Hall–Kier alpha value is -0.420. The number of hydrogen-bond acceptors (Lipinski definition) is 3. The summed E-state index contributed by atoms with van der Waals surface area (Å²) in [6.45, 7) is 1.59. The third-order valence-electron chi connectivity index (χ3n) is 3.07. The number of thioether (sulfide) groups is 1. The van der Waals surface area contributed by atoms with Crippen LogP contribution in [0.4, 0.5) is 0 Å². The quantitative estimate of drug-likeness (QED) is 0.871. The Morgan fingerprint density at radius 1 is 1.32 bits per heavy atom. The fourth-order valence-corrected chi connectivity index (χ4v) is 2.84. The molecule has 1 saturated heterocycles. The van der Waals surface area contributed by atoms with Crippen LogP contribution < -0.4 is 5.73 Å². The van der Waals surface area contributed by atoms with Crippen molar-refractivity contribution >= 4 is 41.7 Å². The number of carbonyl (C=O) groups is 1. The zero-order chi connectivity index (χ0) is 13.0. The lowest BCUT2D eigenvalue weighted by Crippen LogP contribution is -2.43. The van der Waals surface area contributed by atoms with E-state index in [0.29, 0.717) is 5.75 Å². The van der Waals surface area contributed by atoms with E-state index in [1.165, 1.54) is 0 Å². The summed E-state index contributed by atoms with van der Waals surface area (Å²) >= 11 is 7.36. The van der Waals surface area contributed by atoms with Crippen LogP contribution in [0, 0.1) is 0 Å². The van der Waals surface area contributed by atoms with Crippen LogP contribution in [0.1, 0.15) is 12.8 Å². The van der Waals surface area contributed by atoms with E-state index < -0.39 is 0 Å². The second kappa shape index (κ2) is 8.00. The van der Waals surface area contributed by atoms with Gasteiger partial charge in [0.15, 0.2) is 0 Å². The van der Waals surface area contributed by atoms with Gasteiger partial charge >= 0.3 is 0 Å². The molecule has 6 heteroatoms. The first-order chi connectivity index (χ1) is 8.65. The van der Waals surface area contributed by atoms with Gasteiger partial charge in [0, 0.05) is 29.0 Å². The molecule has 0 spiro atoms. The number of amides is 1. The second-order valence-corrected chi connectivity index (χ2v) is 5.95. The summed E-state index contributed by atoms with van der Waals surface area (Å²) in [6, 6.07) is 7.82. The molecule has 106 valence electrons. The molecule has 2 N–H and O–H groups in total. The van der Waals surface area contributed by atoms with Gasteiger partial charge in [-0.25, -0.2) is 0 Å². The average molecular weight is 321 g/mol. The van der Waals surface area contributed by atoms with Crippen LogP contribution in [0.25, 0.3) is 0 Å². The Morgan fingerprint density at radius 3 is 2.47 bits per heavy atom. The highest BCUT2D eigenvalue weighted by Gasteiger charge is 2.20. The maximum absolute atomic E-state index is 12.0. The predicted octanol–water partition coefficient (Wildman–Crippen LogP) is 2.80. The molecule has 1 heterocycles. The lowest BCUT2D eigenvalue weighted by molar-refractivity contribution is -0.129. The minimum Gasteiger partial charge on any atom is -0.342 e. The third-order valence-corrected chi connectivity index (χ3v) is 4.32. The minimum absolute atomic E-state index is 0. The van der Waals surface area contributed by atoms with Crippen LogP contribution in [0.2, 0.25) is 5.02 Å². The Balaban J connectivity index is 0.00000180. The van der Waals surface area contributed by atoms with Gasteiger partial charge in [0.05, 0.1) is 5.75 Å². The fraction of sp³-hybridized carbons (Fsp3) is 0.462. The van der Waals surface area contributed by atoms with Gasteiger partial charge in [-0.2, -0.15) is 0 Å². The molecule has 1 aromatic carbocycles. The van der Waals surface area contributed by atoms with Crippen LogP contribution in [0.5, 0.6) is 0 Å². The summed E-state index contributed by atoms with van der Waals surface area (Å²) in [5.41, 5.74) is 5.82. The number of carbonyl (C=O) groups excluding carboxylic acids is 1. The highest BCUT2D eigenvalue weighted by atomic mass is 35.5. The number of likely N-dealkylation sites (tertiary alicyclic amines) is 1. The summed E-state index contributed by atoms with van der Waals surface area (Å²) < 4.78 is 0. The van der Waals surface area contributed by atoms with E-state index in [0.717, 1.165) is 35.8 Å². The van der Waals surface area contributed by atoms with Gasteiger partial charge in [0.1, 0.15) is 0 Å². The van der Waals surface area contributed by atoms with Crippen LogP contribution in [0.15, 0.2) is 29.2 Å². The lowest BCUT2D eigenvalue weighted by Gasteiger charge is -2.30. The Morgan fingerprint density at radius 2 is 1.89 bits per heavy atom. The van der Waals surface area contributed by atoms with Crippen molar-refractivity contribution in [2.45, 2.75) is 23.8 Å². The number of hydrogen-bond donors (Lipinski definition) is 1. The second-order valence-electron chi connectivity index (χ2n) is 4.46. The molecule has 19 heavy (non-hydrogen) atoms. The molecule has 1 aliphatic heterocycles. The molecule has 1 fully saturated rings. The molecule has 0 aliphatic carbocycles. The topological polar surface area (TPSA) is 46.3 Å². The van der Waals surface area contributed by atoms with Crippen molar-refractivity contribution in [3.05, 3.63) is 29.3 Å². The zero-order valence-corrected chi connectivity index (χ0v) is 12.9. The van der Waals surface area contributed by atoms with E-state index in [1.54, 1.807) is 11.8 Å². The van der Waals surface area contributed by atoms with E-state index in [2.05, 4.69) is 0 Å². The third kappa shape index (κ3) is 5.22. The van der Waals surface area contributed by atoms with E-state index in [4.69, 9.17) is 17.3 Å². The smallest absolute Gasteiger partial charge is 0.232 e. The minimum atomic E-state index is 0. The van der Waals surface area contributed by atoms with E-state index in [-0.39, 0.29) is 24.4 Å². The molecule has 1 aliphatic rings. The first-order valence-corrected chi connectivity index (χ1v) is 7.43. The number of nitrogens with two attached hydrogens (primary N) is 1. The average Bonchev–Trinajstić information content (AvgIpc) is 2.38. The van der Waals surface area contributed by atoms with Gasteiger partial charge < -0.3 is 10.6 Å². The van der Waals surface area contributed by atoms with Crippen LogP contribution in [0.3, 0.4) is 0 Å². The van der Waals surface area contributed by atoms with Crippen molar-refractivity contribution in [1.29, 1.82) is 0 Å². The fourth-order valence-electron chi connectivity index (χ4n) is 1.92. The molecular weight excluding hydrogens is 303 g/mol. The van der Waals surface area contributed by atoms with Crippen molar-refractivity contribution in [3.63, 3.8) is 0 Å². The van der Waals surface area contributed by atoms with Gasteiger partial charge in [-0.15, -0.1) is 24.2 Å². The molecule has 0 atom stereocenters. The number of nitrogens with zero attached hydrogens (tertiary/aromatic N) is 1. The summed E-state index contributed by atoms with van der Waals surface area (Å²) in [6.07, 6.45) is 1.83. The summed E-state index contributed by atoms with van der Waals surface area (Å²) in [7, 11) is 0. The lowest BCUT2D eigenvalue weighted by atomic mass is 10.1. The van der Waals surface area contributed by atoms with E-state index >= 15 is 0 Å². The maximum atomic E-state index is 12.0. The largest absolute Gasteiger partial charge is 0.342 e. The molecule has 2 rings (SSSR count). The van der Waals surface area contributed by atoms with Crippen molar-refractivity contribution in [1.82, 2.24) is 4.90 Å². The SMILES string of the molecule is Cl.NC1CCN(C(=O)CSc2ccc(Cl)cc2)CC1. The number of halogens is 2. The molecule has 0 bridgehead atoms. The summed E-state index contributed by atoms with van der Waals surface area (Å²) in [5.74, 6) is 0.679. The van der Waals surface area contributed by atoms with Gasteiger partial charge in [0.2, 0.25) is 5.91 Å². The summed E-state index contributed by atoms with van der Waals surface area (Å²) in [5, 5.41) is 0.718. The van der Waals surface area contributed by atoms with Crippen LogP contribution in [-0.4, -0.2) is 35.7 Å². The molecular formula is C13H18Cl2N2OS. The van der Waals surface area contributed by atoms with Crippen molar-refractivity contribution in [2.24, 2.45) is 5.73 Å². The van der Waals surface area contributed by atoms with Crippen molar-refractivity contribution in [3.8, 4) is 0 Å². The van der Waals surface area contributed by atoms with Gasteiger partial charge in [-0.05, 0) is 37.1 Å². The normalized spacial score (nSPS) is 16.0. The van der Waals surface area contributed by atoms with Crippen molar-refractivity contribution < 1.29 is 4.79 Å². The molecule has 0 radical (unpaired) electrons. The summed E-state index contributed by atoms with van der Waals surface area (Å²) in [4.78, 5) is 15.0. The van der Waals surface area contributed by atoms with Crippen molar-refractivity contribution in [2.75, 3.05) is 18.8 Å². The van der Waals surface area contributed by atoms with Gasteiger partial charge in [-0.3, -0.25) is 4.79 Å². The van der Waals surface area contributed by atoms with E-state index in [1.807, 2.05) is 29.2 Å². The molecule has 3 nitrogen and oxygen atoms in total. The Kier molecular flexibility index (Phi) is 7.00. The maximum Gasteiger partial charge on any atom is 0.232 e. The highest BCUT2D eigenvalue weighted by Crippen LogP contribution is 2.21. The Labute approximate surface area is 129 Å². The van der Waals surface area contributed by atoms with Crippen LogP contribution >= 0.6 is 35.8 Å². The molecule has 0 saturated carbocycles. The van der Waals surface area contributed by atoms with Gasteiger partial charge in [0.25, 0.3) is 0 Å². The van der Waals surface area contributed by atoms with Crippen LogP contribution in [-0.2, 0) is 4.79 Å². The zero-order valence-electron chi connectivity index (χ0n) is 10.5. The molecule has 1 aromatic rings. The highest BCUT2D eigenvalue weighted by molar-refractivity contribution is 8.00. The first-order valence-electron chi connectivity index (χ1n) is 6.07. The monoisotopic (exact) mass is 320 g/mol. The Bertz CT molecular complexity index is 406. The van der Waals surface area contributed by atoms with E-state index in [9.17, 15) is 4.79 Å². The molecule has 0 unspecified atom stereocenters. The van der Waals surface area contributed by atoms with Gasteiger partial charge in [-0.1, -0.05) is 11.6 Å².